The summed E-state index contributed by atoms with van der Waals surface area (Å²) in [4.78, 5) is 25.3. The van der Waals surface area contributed by atoms with E-state index in [0.29, 0.717) is 29.7 Å². The van der Waals surface area contributed by atoms with Crippen molar-refractivity contribution in [1.82, 2.24) is 0 Å². The van der Waals surface area contributed by atoms with E-state index in [1.54, 1.807) is 6.07 Å². The third-order valence-electron chi connectivity index (χ3n) is 5.38. The maximum Gasteiger partial charge on any atom is 0.316 e. The Hall–Kier alpha value is -2.88. The summed E-state index contributed by atoms with van der Waals surface area (Å²) >= 11 is 0. The summed E-state index contributed by atoms with van der Waals surface area (Å²) in [5.74, 6) is 0.223. The molecule has 1 heterocycles. The Balaban J connectivity index is 1.97. The Kier molecular flexibility index (Phi) is 5.45. The van der Waals surface area contributed by atoms with Gasteiger partial charge in [-0.3, -0.25) is 9.59 Å². The van der Waals surface area contributed by atoms with Crippen LogP contribution in [0.5, 0.6) is 5.75 Å². The molecule has 0 bridgehead atoms. The van der Waals surface area contributed by atoms with E-state index in [2.05, 4.69) is 0 Å². The molecule has 4 nitrogen and oxygen atoms in total. The Labute approximate surface area is 159 Å². The zero-order valence-electron chi connectivity index (χ0n) is 16.0. The number of hydrogen-bond acceptors (Lipinski definition) is 4. The molecule has 0 aliphatic carbocycles. The molecule has 3 rings (SSSR count). The summed E-state index contributed by atoms with van der Waals surface area (Å²) < 4.78 is 10.9. The predicted octanol–water partition coefficient (Wildman–Crippen LogP) is 4.58. The first-order chi connectivity index (χ1) is 13.1. The van der Waals surface area contributed by atoms with Crippen LogP contribution in [0.15, 0.2) is 54.1 Å². The second-order valence-corrected chi connectivity index (χ2v) is 6.69. The zero-order valence-corrected chi connectivity index (χ0v) is 16.0. The molecule has 2 aromatic rings. The largest absolute Gasteiger partial charge is 0.488 e. The van der Waals surface area contributed by atoms with Gasteiger partial charge in [-0.05, 0) is 42.2 Å². The number of rotatable bonds is 5. The quantitative estimate of drug-likeness (QED) is 0.576. The van der Waals surface area contributed by atoms with E-state index in [-0.39, 0.29) is 18.4 Å². The first-order valence-corrected chi connectivity index (χ1v) is 9.21. The van der Waals surface area contributed by atoms with E-state index in [1.807, 2.05) is 62.4 Å². The number of carbonyl (C=O) groups is 2. The third kappa shape index (κ3) is 3.39. The van der Waals surface area contributed by atoms with Crippen molar-refractivity contribution in [2.24, 2.45) is 0 Å². The summed E-state index contributed by atoms with van der Waals surface area (Å²) in [5.41, 5.74) is 2.20. The van der Waals surface area contributed by atoms with Gasteiger partial charge in [0.2, 0.25) is 0 Å². The number of hydrogen-bond donors (Lipinski definition) is 0. The average molecular weight is 364 g/mol. The number of methoxy groups -OCH3 is 1. The van der Waals surface area contributed by atoms with Crippen molar-refractivity contribution < 1.29 is 19.1 Å². The Morgan fingerprint density at radius 2 is 1.85 bits per heavy atom. The van der Waals surface area contributed by atoms with Crippen molar-refractivity contribution in [3.63, 3.8) is 0 Å². The van der Waals surface area contributed by atoms with Gasteiger partial charge in [0.15, 0.2) is 5.78 Å². The molecule has 0 saturated heterocycles. The highest BCUT2D eigenvalue weighted by atomic mass is 16.5. The Morgan fingerprint density at radius 1 is 1.15 bits per heavy atom. The van der Waals surface area contributed by atoms with Gasteiger partial charge in [0.05, 0.1) is 18.1 Å². The van der Waals surface area contributed by atoms with Crippen molar-refractivity contribution in [3.05, 3.63) is 70.8 Å². The van der Waals surface area contributed by atoms with Gasteiger partial charge < -0.3 is 9.47 Å². The van der Waals surface area contributed by atoms with Gasteiger partial charge in [-0.15, -0.1) is 0 Å². The highest BCUT2D eigenvalue weighted by molar-refractivity contribution is 6.14. The average Bonchev–Trinajstić information content (AvgIpc) is 2.72. The number of fused-ring (bicyclic) bond motifs is 1. The maximum absolute atomic E-state index is 12.9. The molecule has 140 valence electrons. The number of benzene rings is 2. The van der Waals surface area contributed by atoms with Crippen LogP contribution in [0.4, 0.5) is 0 Å². The summed E-state index contributed by atoms with van der Waals surface area (Å²) in [6.07, 6.45) is 3.08. The third-order valence-corrected chi connectivity index (χ3v) is 5.38. The topological polar surface area (TPSA) is 52.6 Å². The van der Waals surface area contributed by atoms with Crippen LogP contribution in [-0.2, 0) is 14.9 Å². The molecule has 4 heteroatoms. The molecular weight excluding hydrogens is 340 g/mol. The first-order valence-electron chi connectivity index (χ1n) is 9.21. The molecule has 0 amide bonds. The minimum atomic E-state index is -0.726. The van der Waals surface area contributed by atoms with Crippen LogP contribution < -0.4 is 4.74 Å². The van der Waals surface area contributed by atoms with Crippen LogP contribution in [-0.4, -0.2) is 25.5 Å². The fourth-order valence-electron chi connectivity index (χ4n) is 3.64. The van der Waals surface area contributed by atoms with Crippen molar-refractivity contribution >= 4 is 17.8 Å². The van der Waals surface area contributed by atoms with Crippen molar-refractivity contribution in [3.8, 4) is 5.75 Å². The molecule has 1 aliphatic rings. The summed E-state index contributed by atoms with van der Waals surface area (Å²) in [6.45, 7) is 4.15. The monoisotopic (exact) mass is 364 g/mol. The van der Waals surface area contributed by atoms with E-state index in [4.69, 9.17) is 9.47 Å². The second-order valence-electron chi connectivity index (χ2n) is 6.69. The van der Waals surface area contributed by atoms with Gasteiger partial charge in [0.25, 0.3) is 0 Å². The molecule has 0 unspecified atom stereocenters. The second kappa shape index (κ2) is 7.78. The summed E-state index contributed by atoms with van der Waals surface area (Å²) in [6, 6.07) is 15.1. The molecule has 0 N–H and O–H groups in total. The molecule has 0 atom stereocenters. The molecule has 0 radical (unpaired) electrons. The van der Waals surface area contributed by atoms with Crippen molar-refractivity contribution in [2.45, 2.75) is 32.1 Å². The van der Waals surface area contributed by atoms with E-state index in [1.165, 1.54) is 7.11 Å². The number of ketones is 1. The van der Waals surface area contributed by atoms with Crippen LogP contribution in [0.3, 0.4) is 0 Å². The van der Waals surface area contributed by atoms with Crippen LogP contribution in [0.1, 0.15) is 48.2 Å². The van der Waals surface area contributed by atoms with Crippen LogP contribution in [0.25, 0.3) is 6.08 Å². The van der Waals surface area contributed by atoms with Crippen molar-refractivity contribution in [1.29, 1.82) is 0 Å². The van der Waals surface area contributed by atoms with Crippen LogP contribution in [0, 0.1) is 0 Å². The van der Waals surface area contributed by atoms with E-state index < -0.39 is 5.41 Å². The van der Waals surface area contributed by atoms with Gasteiger partial charge >= 0.3 is 5.97 Å². The maximum atomic E-state index is 12.9. The zero-order chi connectivity index (χ0) is 19.4. The number of esters is 1. The summed E-state index contributed by atoms with van der Waals surface area (Å²) in [5, 5.41) is 0. The van der Waals surface area contributed by atoms with Gasteiger partial charge in [-0.25, -0.2) is 0 Å². The number of carbonyl (C=O) groups excluding carboxylic acids is 2. The van der Waals surface area contributed by atoms with E-state index in [9.17, 15) is 9.59 Å². The number of ether oxygens (including phenoxy) is 2. The van der Waals surface area contributed by atoms with Crippen LogP contribution in [0.2, 0.25) is 0 Å². The molecule has 27 heavy (non-hydrogen) atoms. The predicted molar refractivity (Wildman–Crippen MR) is 105 cm³/mol. The molecule has 0 saturated carbocycles. The minimum Gasteiger partial charge on any atom is -0.488 e. The smallest absolute Gasteiger partial charge is 0.316 e. The fourth-order valence-corrected chi connectivity index (χ4v) is 3.64. The minimum absolute atomic E-state index is 0.0386. The lowest BCUT2D eigenvalue weighted by Gasteiger charge is -2.30. The lowest BCUT2D eigenvalue weighted by atomic mass is 9.75. The Morgan fingerprint density at radius 3 is 2.48 bits per heavy atom. The van der Waals surface area contributed by atoms with Gasteiger partial charge in [0, 0.05) is 5.57 Å². The SMILES string of the molecule is CCC(CC)(C(=O)OC)c1ccc2c(c1)OCC(=Cc1ccccc1)C2=O. The molecule has 0 aromatic heterocycles. The highest BCUT2D eigenvalue weighted by Crippen LogP contribution is 2.38. The van der Waals surface area contributed by atoms with E-state index in [0.717, 1.165) is 11.1 Å². The molecule has 2 aromatic carbocycles. The standard InChI is InChI=1S/C23H24O4/c1-4-23(5-2,22(25)26-3)18-11-12-19-20(14-18)27-15-17(21(19)24)13-16-9-7-6-8-10-16/h6-14H,4-5,15H2,1-3H3. The summed E-state index contributed by atoms with van der Waals surface area (Å²) in [7, 11) is 1.40. The molecule has 1 aliphatic heterocycles. The normalized spacial score (nSPS) is 15.2. The fraction of sp³-hybridized carbons (Fsp3) is 0.304. The van der Waals surface area contributed by atoms with Gasteiger partial charge in [-0.1, -0.05) is 50.2 Å². The lowest BCUT2D eigenvalue weighted by molar-refractivity contribution is -0.148. The molecule has 0 fully saturated rings. The van der Waals surface area contributed by atoms with E-state index >= 15 is 0 Å². The first kappa shape index (κ1) is 18.9. The molecule has 0 spiro atoms. The van der Waals surface area contributed by atoms with Crippen LogP contribution >= 0.6 is 0 Å². The number of Topliss-reactive ketones (excluding diaryl/α,β-unsaturated/α-hetero) is 1. The Bertz CT molecular complexity index is 877. The van der Waals surface area contributed by atoms with Gasteiger partial charge in [0.1, 0.15) is 12.4 Å². The highest BCUT2D eigenvalue weighted by Gasteiger charge is 2.39. The molecular formula is C23H24O4. The van der Waals surface area contributed by atoms with Gasteiger partial charge in [-0.2, -0.15) is 0 Å². The lowest BCUT2D eigenvalue weighted by Crippen LogP contribution is -2.36. The van der Waals surface area contributed by atoms with Crippen molar-refractivity contribution in [2.75, 3.05) is 13.7 Å².